The van der Waals surface area contributed by atoms with Crippen LogP contribution in [0.3, 0.4) is 0 Å². The Hall–Kier alpha value is -1.72. The van der Waals surface area contributed by atoms with Gasteiger partial charge >= 0.3 is 12.1 Å². The van der Waals surface area contributed by atoms with E-state index in [1.807, 2.05) is 0 Å². The zero-order valence-corrected chi connectivity index (χ0v) is 8.87. The summed E-state index contributed by atoms with van der Waals surface area (Å²) in [5.41, 5.74) is 0.666. The molecule has 3 nitrogen and oxygen atoms in total. The van der Waals surface area contributed by atoms with Gasteiger partial charge in [0.1, 0.15) is 0 Å². The number of rotatable bonds is 5. The number of anilines is 1. The van der Waals surface area contributed by atoms with Gasteiger partial charge in [-0.05, 0) is 18.6 Å². The second kappa shape index (κ2) is 5.56. The summed E-state index contributed by atoms with van der Waals surface area (Å²) >= 11 is 0. The number of carboxylic acid groups (broad SMARTS) is 1. The van der Waals surface area contributed by atoms with E-state index in [4.69, 9.17) is 5.11 Å². The standard InChI is InChI=1S/C11H12F3NO2/c12-11(13,14)9(10(16)17)6-7-15-8-4-2-1-3-5-8/h1-5,9,15H,6-7H2,(H,16,17)/t9-/m1/s1. The van der Waals surface area contributed by atoms with Crippen LogP contribution in [-0.4, -0.2) is 23.8 Å². The first-order chi connectivity index (χ1) is 7.91. The first kappa shape index (κ1) is 13.3. The van der Waals surface area contributed by atoms with Crippen LogP contribution < -0.4 is 5.32 Å². The minimum atomic E-state index is -4.70. The van der Waals surface area contributed by atoms with E-state index in [1.165, 1.54) is 0 Å². The first-order valence-electron chi connectivity index (χ1n) is 4.99. The smallest absolute Gasteiger partial charge is 0.402 e. The monoisotopic (exact) mass is 247 g/mol. The highest BCUT2D eigenvalue weighted by Gasteiger charge is 2.44. The van der Waals surface area contributed by atoms with E-state index in [0.717, 1.165) is 0 Å². The summed E-state index contributed by atoms with van der Waals surface area (Å²) in [5, 5.41) is 11.2. The first-order valence-corrected chi connectivity index (χ1v) is 4.99. The zero-order chi connectivity index (χ0) is 12.9. The van der Waals surface area contributed by atoms with Crippen molar-refractivity contribution in [2.45, 2.75) is 12.6 Å². The van der Waals surface area contributed by atoms with Gasteiger partial charge < -0.3 is 10.4 Å². The van der Waals surface area contributed by atoms with Crippen LogP contribution in [-0.2, 0) is 4.79 Å². The predicted octanol–water partition coefficient (Wildman–Crippen LogP) is 2.75. The Kier molecular flexibility index (Phi) is 4.37. The Morgan fingerprint density at radius 3 is 2.35 bits per heavy atom. The number of carboxylic acids is 1. The van der Waals surface area contributed by atoms with Crippen LogP contribution >= 0.6 is 0 Å². The van der Waals surface area contributed by atoms with E-state index in [1.54, 1.807) is 30.3 Å². The van der Waals surface area contributed by atoms with Gasteiger partial charge in [-0.15, -0.1) is 0 Å². The number of hydrogen-bond donors (Lipinski definition) is 2. The summed E-state index contributed by atoms with van der Waals surface area (Å²) in [4.78, 5) is 10.4. The van der Waals surface area contributed by atoms with Crippen LogP contribution in [0.1, 0.15) is 6.42 Å². The summed E-state index contributed by atoms with van der Waals surface area (Å²) in [6, 6.07) is 8.65. The molecule has 0 aromatic heterocycles. The van der Waals surface area contributed by atoms with Gasteiger partial charge in [0.15, 0.2) is 5.92 Å². The third kappa shape index (κ3) is 4.34. The molecule has 0 aliphatic heterocycles. The number of para-hydroxylation sites is 1. The number of halogens is 3. The van der Waals surface area contributed by atoms with Crippen molar-refractivity contribution in [3.63, 3.8) is 0 Å². The van der Waals surface area contributed by atoms with Gasteiger partial charge in [-0.25, -0.2) is 0 Å². The van der Waals surface area contributed by atoms with Crippen LogP contribution in [0.2, 0.25) is 0 Å². The van der Waals surface area contributed by atoms with E-state index in [9.17, 15) is 18.0 Å². The van der Waals surface area contributed by atoms with Crippen molar-refractivity contribution in [1.82, 2.24) is 0 Å². The SMILES string of the molecule is O=C(O)[C@@H](CCNc1ccccc1)C(F)(F)F. The molecule has 2 N–H and O–H groups in total. The number of nitrogens with one attached hydrogen (secondary N) is 1. The molecule has 0 saturated carbocycles. The molecule has 17 heavy (non-hydrogen) atoms. The molecule has 1 aromatic rings. The molecular weight excluding hydrogens is 235 g/mol. The maximum absolute atomic E-state index is 12.3. The van der Waals surface area contributed by atoms with Crippen molar-refractivity contribution < 1.29 is 23.1 Å². The van der Waals surface area contributed by atoms with Crippen LogP contribution in [0.5, 0.6) is 0 Å². The van der Waals surface area contributed by atoms with Crippen molar-refractivity contribution in [2.75, 3.05) is 11.9 Å². The second-order valence-corrected chi connectivity index (χ2v) is 3.51. The summed E-state index contributed by atoms with van der Waals surface area (Å²) in [7, 11) is 0. The largest absolute Gasteiger partial charge is 0.481 e. The molecule has 0 aliphatic rings. The average molecular weight is 247 g/mol. The maximum Gasteiger partial charge on any atom is 0.402 e. The van der Waals surface area contributed by atoms with Crippen molar-refractivity contribution in [1.29, 1.82) is 0 Å². The fourth-order valence-electron chi connectivity index (χ4n) is 1.34. The Labute approximate surface area is 96.3 Å². The fourth-order valence-corrected chi connectivity index (χ4v) is 1.34. The van der Waals surface area contributed by atoms with Crippen molar-refractivity contribution in [3.05, 3.63) is 30.3 Å². The molecular formula is C11H12F3NO2. The molecule has 6 heteroatoms. The molecule has 0 saturated heterocycles. The molecule has 1 aromatic carbocycles. The molecule has 0 radical (unpaired) electrons. The fraction of sp³-hybridized carbons (Fsp3) is 0.364. The van der Waals surface area contributed by atoms with Gasteiger partial charge in [0, 0.05) is 12.2 Å². The lowest BCUT2D eigenvalue weighted by atomic mass is 10.1. The van der Waals surface area contributed by atoms with Gasteiger partial charge in [0.25, 0.3) is 0 Å². The van der Waals surface area contributed by atoms with Gasteiger partial charge in [-0.1, -0.05) is 18.2 Å². The lowest BCUT2D eigenvalue weighted by molar-refractivity contribution is -0.194. The number of aliphatic carboxylic acids is 1. The number of alkyl halides is 3. The summed E-state index contributed by atoms with van der Waals surface area (Å²) in [5.74, 6) is -4.16. The highest BCUT2D eigenvalue weighted by atomic mass is 19.4. The molecule has 94 valence electrons. The Morgan fingerprint density at radius 2 is 1.88 bits per heavy atom. The highest BCUT2D eigenvalue weighted by molar-refractivity contribution is 5.71. The topological polar surface area (TPSA) is 49.3 Å². The number of benzene rings is 1. The van der Waals surface area contributed by atoms with E-state index in [0.29, 0.717) is 5.69 Å². The predicted molar refractivity (Wildman–Crippen MR) is 56.7 cm³/mol. The quantitative estimate of drug-likeness (QED) is 0.841. The molecule has 0 heterocycles. The minimum Gasteiger partial charge on any atom is -0.481 e. The van der Waals surface area contributed by atoms with E-state index in [2.05, 4.69) is 5.32 Å². The highest BCUT2D eigenvalue weighted by Crippen LogP contribution is 2.29. The Morgan fingerprint density at radius 1 is 1.29 bits per heavy atom. The second-order valence-electron chi connectivity index (χ2n) is 3.51. The van der Waals surface area contributed by atoms with Gasteiger partial charge in [-0.3, -0.25) is 4.79 Å². The molecule has 0 amide bonds. The average Bonchev–Trinajstić information content (AvgIpc) is 2.23. The van der Waals surface area contributed by atoms with Gasteiger partial charge in [0.05, 0.1) is 0 Å². The van der Waals surface area contributed by atoms with Gasteiger partial charge in [0.2, 0.25) is 0 Å². The summed E-state index contributed by atoms with van der Waals surface area (Å²) in [6.07, 6.45) is -5.20. The molecule has 0 unspecified atom stereocenters. The molecule has 0 spiro atoms. The lowest BCUT2D eigenvalue weighted by Gasteiger charge is -2.16. The van der Waals surface area contributed by atoms with Crippen LogP contribution in [0.15, 0.2) is 30.3 Å². The number of hydrogen-bond acceptors (Lipinski definition) is 2. The maximum atomic E-state index is 12.3. The minimum absolute atomic E-state index is 0.0412. The number of carbonyl (C=O) groups is 1. The van der Waals surface area contributed by atoms with Crippen LogP contribution in [0.4, 0.5) is 18.9 Å². The zero-order valence-electron chi connectivity index (χ0n) is 8.87. The van der Waals surface area contributed by atoms with E-state index in [-0.39, 0.29) is 6.54 Å². The van der Waals surface area contributed by atoms with E-state index < -0.39 is 24.5 Å². The normalized spacial score (nSPS) is 13.1. The third-order valence-corrected chi connectivity index (χ3v) is 2.23. The van der Waals surface area contributed by atoms with Crippen LogP contribution in [0, 0.1) is 5.92 Å². The molecule has 0 bridgehead atoms. The Bertz CT molecular complexity index is 365. The molecule has 1 rings (SSSR count). The van der Waals surface area contributed by atoms with Crippen molar-refractivity contribution in [2.24, 2.45) is 5.92 Å². The summed E-state index contributed by atoms with van der Waals surface area (Å²) < 4.78 is 36.9. The van der Waals surface area contributed by atoms with Crippen molar-refractivity contribution >= 4 is 11.7 Å². The molecule has 1 atom stereocenters. The lowest BCUT2D eigenvalue weighted by Crippen LogP contribution is -2.32. The van der Waals surface area contributed by atoms with Gasteiger partial charge in [-0.2, -0.15) is 13.2 Å². The van der Waals surface area contributed by atoms with E-state index >= 15 is 0 Å². The summed E-state index contributed by atoms with van der Waals surface area (Å²) in [6.45, 7) is -0.0412. The van der Waals surface area contributed by atoms with Crippen LogP contribution in [0.25, 0.3) is 0 Å². The third-order valence-electron chi connectivity index (χ3n) is 2.23. The Balaban J connectivity index is 2.46. The van der Waals surface area contributed by atoms with Crippen molar-refractivity contribution in [3.8, 4) is 0 Å². The molecule has 0 aliphatic carbocycles. The molecule has 0 fully saturated rings.